The number of aliphatic hydroxyl groups is 1. The summed E-state index contributed by atoms with van der Waals surface area (Å²) in [5.41, 5.74) is 9.23. The van der Waals surface area contributed by atoms with E-state index in [1.54, 1.807) is 56.6 Å². The molecule has 31 heteroatoms. The van der Waals surface area contributed by atoms with Crippen LogP contribution in [0, 0.1) is 12.7 Å². The summed E-state index contributed by atoms with van der Waals surface area (Å²) in [6.07, 6.45) is 3.35. The maximum absolute atomic E-state index is 15.3. The van der Waals surface area contributed by atoms with Crippen LogP contribution in [0.4, 0.5) is 4.39 Å². The van der Waals surface area contributed by atoms with Gasteiger partial charge in [-0.15, -0.1) is 0 Å². The van der Waals surface area contributed by atoms with E-state index in [-0.39, 0.29) is 30.7 Å². The molecule has 6 aromatic rings. The van der Waals surface area contributed by atoms with Crippen molar-refractivity contribution in [1.29, 1.82) is 0 Å². The molecule has 0 bridgehead atoms. The Morgan fingerprint density at radius 3 is 1.97 bits per heavy atom. The Morgan fingerprint density at radius 1 is 0.721 bits per heavy atom. The van der Waals surface area contributed by atoms with Crippen LogP contribution in [0.25, 0.3) is 22.4 Å². The van der Waals surface area contributed by atoms with E-state index in [0.29, 0.717) is 60.5 Å². The number of carboxylic acids is 1. The molecule has 7 rings (SSSR count). The number of rotatable bonds is 37. The number of carboxylic acid groups (broad SMARTS) is 1. The van der Waals surface area contributed by atoms with Gasteiger partial charge in [-0.05, 0) is 117 Å². The van der Waals surface area contributed by atoms with Gasteiger partial charge in [0, 0.05) is 57.3 Å². The number of carbonyl (C=O) groups is 12. The van der Waals surface area contributed by atoms with Crippen molar-refractivity contribution in [2.24, 2.45) is 5.73 Å². The summed E-state index contributed by atoms with van der Waals surface area (Å²) in [6.45, 7) is 5.11. The molecule has 0 saturated carbocycles. The Hall–Kier alpha value is -11.5. The number of aryl methyl sites for hydroxylation is 3. The summed E-state index contributed by atoms with van der Waals surface area (Å²) in [5, 5.41) is 42.4. The standard InChI is InChI=1S/C73H89FN14O16/c1-8-46-32-50(104-7)24-25-52(46)47-21-18-44(19-22-47)30-56(66(97)82-55(65(75)96)31-45-20-26-54(77-35-45)51-16-11-9-14-42(51)2)83-67(98)57(33-63(94)95)84-68(99)58(40-89)85-69(100)64(43(3)103-6)86-70(101)72(4,34-48-15-10-12-17-53(48)74)87-61(92)39-79-59(90)37-78-60(91)38-80-71(102)73(5)28-13-29-88(73)62(93)27-23-49-36-76-41-81-49/h9-12,14-22,24-26,32,35-36,41,43,55-58,64,89H,8,13,23,27-31,33-34,37-40H2,1-7H3,(H2,75,96)(H,76,81)(H,78,91)(H,79,90)(H,80,102)(H,82,97)(H,83,98)(H,84,99)(H,85,100)(H,86,101)(H,87,92)(H,94,95)/t43-,55+,56+,57+,58+,64+,72?,73?/m1/s1. The lowest BCUT2D eigenvalue weighted by molar-refractivity contribution is -0.144. The van der Waals surface area contributed by atoms with E-state index in [0.717, 1.165) is 41.0 Å². The average molecular weight is 1440 g/mol. The van der Waals surface area contributed by atoms with Crippen LogP contribution in [0.15, 0.2) is 122 Å². The molecule has 3 heterocycles. The van der Waals surface area contributed by atoms with Gasteiger partial charge in [0.1, 0.15) is 52.9 Å². The number of primary amides is 1. The van der Waals surface area contributed by atoms with Crippen molar-refractivity contribution >= 4 is 70.9 Å². The molecule has 0 radical (unpaired) electrons. The van der Waals surface area contributed by atoms with Crippen LogP contribution in [0.2, 0.25) is 0 Å². The van der Waals surface area contributed by atoms with Crippen molar-refractivity contribution in [3.63, 3.8) is 0 Å². The Bertz CT molecular complexity index is 4070. The normalized spacial score (nSPS) is 15.5. The molecular formula is C73H89FN14O16. The molecule has 4 aromatic carbocycles. The van der Waals surface area contributed by atoms with Crippen LogP contribution in [-0.4, -0.2) is 195 Å². The monoisotopic (exact) mass is 1440 g/mol. The van der Waals surface area contributed by atoms with Crippen molar-refractivity contribution in [2.75, 3.05) is 47.0 Å². The smallest absolute Gasteiger partial charge is 0.305 e. The minimum absolute atomic E-state index is 0.0889. The van der Waals surface area contributed by atoms with E-state index in [2.05, 4.69) is 62.8 Å². The maximum Gasteiger partial charge on any atom is 0.305 e. The number of nitrogens with zero attached hydrogens (tertiary/aromatic N) is 3. The molecule has 1 saturated heterocycles. The maximum atomic E-state index is 15.3. The number of aromatic nitrogens is 3. The fourth-order valence-corrected chi connectivity index (χ4v) is 11.8. The van der Waals surface area contributed by atoms with E-state index in [1.165, 1.54) is 49.5 Å². The van der Waals surface area contributed by atoms with Crippen LogP contribution in [0.1, 0.15) is 86.9 Å². The summed E-state index contributed by atoms with van der Waals surface area (Å²) in [6, 6.07) is 20.2. The summed E-state index contributed by atoms with van der Waals surface area (Å²) in [4.78, 5) is 176. The summed E-state index contributed by atoms with van der Waals surface area (Å²) in [7, 11) is 2.72. The quantitative estimate of drug-likeness (QED) is 0.0257. The topological polar surface area (TPSA) is 443 Å². The number of H-pyrrole nitrogens is 1. The summed E-state index contributed by atoms with van der Waals surface area (Å²) < 4.78 is 26.2. The highest BCUT2D eigenvalue weighted by Gasteiger charge is 2.46. The minimum atomic E-state index is -2.16. The number of carbonyl (C=O) groups excluding carboxylic acids is 11. The van der Waals surface area contributed by atoms with E-state index in [9.17, 15) is 67.7 Å². The van der Waals surface area contributed by atoms with Gasteiger partial charge in [0.25, 0.3) is 0 Å². The zero-order chi connectivity index (χ0) is 75.8. The number of amides is 11. The average Bonchev–Trinajstić information content (AvgIpc) is 1.71. The molecule has 1 aliphatic heterocycles. The number of hydrogen-bond acceptors (Lipinski definition) is 17. The van der Waals surface area contributed by atoms with E-state index >= 15 is 4.39 Å². The lowest BCUT2D eigenvalue weighted by atomic mass is 9.90. The molecule has 0 aliphatic carbocycles. The van der Waals surface area contributed by atoms with Gasteiger partial charge in [0.05, 0.1) is 63.6 Å². The number of hydrogen-bond donors (Lipinski definition) is 13. The van der Waals surface area contributed by atoms with Gasteiger partial charge >= 0.3 is 5.97 Å². The number of imidazole rings is 1. The van der Waals surface area contributed by atoms with Crippen molar-refractivity contribution in [2.45, 2.75) is 140 Å². The zero-order valence-corrected chi connectivity index (χ0v) is 58.8. The molecule has 0 spiro atoms. The van der Waals surface area contributed by atoms with E-state index in [1.807, 2.05) is 56.3 Å². The number of pyridine rings is 1. The molecule has 14 N–H and O–H groups in total. The van der Waals surface area contributed by atoms with Crippen molar-refractivity contribution < 1.29 is 81.6 Å². The number of aliphatic carboxylic acids is 1. The number of nitrogens with two attached hydrogens (primary N) is 1. The molecule has 11 amide bonds. The largest absolute Gasteiger partial charge is 0.497 e. The van der Waals surface area contributed by atoms with Gasteiger partial charge in [0.15, 0.2) is 0 Å². The molecule has 1 aliphatic rings. The fraction of sp³-hybridized carbons (Fsp3) is 0.397. The molecule has 8 atom stereocenters. The zero-order valence-electron chi connectivity index (χ0n) is 58.8. The SMILES string of the molecule is CCc1cc(OC)ccc1-c1ccc(C[C@H](NC(=O)[C@H](CC(=O)O)NC(=O)[C@H](CO)NC(=O)[C@@H](NC(=O)C(C)(Cc2ccccc2F)NC(=O)CNC(=O)CNC(=O)CNC(=O)C2(C)CCCN2C(=O)CCc2c[nH]cn2)[C@@H](C)OC)C(=O)N[C@@H](Cc2ccc(-c3ccccc3C)nc2)C(N)=O)cc1. The highest BCUT2D eigenvalue weighted by atomic mass is 19.1. The van der Waals surface area contributed by atoms with E-state index < -0.39 is 157 Å². The van der Waals surface area contributed by atoms with Crippen LogP contribution in [0.3, 0.4) is 0 Å². The second-order valence-electron chi connectivity index (χ2n) is 25.5. The first kappa shape index (κ1) is 79.8. The second-order valence-corrected chi connectivity index (χ2v) is 25.5. The molecule has 30 nitrogen and oxygen atoms in total. The highest BCUT2D eigenvalue weighted by molar-refractivity contribution is 6.00. The molecular weight excluding hydrogens is 1350 g/mol. The molecule has 104 heavy (non-hydrogen) atoms. The molecule has 2 aromatic heterocycles. The van der Waals surface area contributed by atoms with Gasteiger partial charge in [-0.1, -0.05) is 85.8 Å². The molecule has 1 fully saturated rings. The summed E-state index contributed by atoms with van der Waals surface area (Å²) in [5.74, 6) is -12.1. The first-order valence-electron chi connectivity index (χ1n) is 33.7. The number of benzene rings is 4. The second kappa shape index (κ2) is 37.4. The van der Waals surface area contributed by atoms with Crippen molar-refractivity contribution in [1.82, 2.24) is 67.7 Å². The first-order valence-corrected chi connectivity index (χ1v) is 33.7. The van der Waals surface area contributed by atoms with Gasteiger partial charge in [0.2, 0.25) is 65.0 Å². The molecule has 554 valence electrons. The van der Waals surface area contributed by atoms with Crippen LogP contribution >= 0.6 is 0 Å². The first-order chi connectivity index (χ1) is 49.6. The Balaban J connectivity index is 1.01. The lowest BCUT2D eigenvalue weighted by Crippen LogP contribution is -2.65. The predicted octanol–water partition coefficient (Wildman–Crippen LogP) is 0.834. The Kier molecular flexibility index (Phi) is 28.8. The van der Waals surface area contributed by atoms with Crippen molar-refractivity contribution in [3.8, 4) is 28.1 Å². The van der Waals surface area contributed by atoms with Gasteiger partial charge in [-0.3, -0.25) is 62.5 Å². The fourth-order valence-electron chi connectivity index (χ4n) is 11.8. The van der Waals surface area contributed by atoms with Gasteiger partial charge in [-0.25, -0.2) is 9.37 Å². The number of aliphatic hydroxyl groups excluding tert-OH is 1. The highest BCUT2D eigenvalue weighted by Crippen LogP contribution is 2.31. The Labute approximate surface area is 599 Å². The van der Waals surface area contributed by atoms with Crippen LogP contribution in [-0.2, 0) is 94.4 Å². The predicted molar refractivity (Wildman–Crippen MR) is 376 cm³/mol. The molecule has 2 unspecified atom stereocenters. The minimum Gasteiger partial charge on any atom is -0.497 e. The van der Waals surface area contributed by atoms with Crippen LogP contribution in [0.5, 0.6) is 5.75 Å². The Morgan fingerprint density at radius 2 is 1.35 bits per heavy atom. The van der Waals surface area contributed by atoms with Crippen LogP contribution < -0.4 is 58.3 Å². The third-order valence-corrected chi connectivity index (χ3v) is 17.9. The van der Waals surface area contributed by atoms with Gasteiger partial charge < -0.3 is 83.2 Å². The number of aromatic amines is 1. The number of halogens is 1. The van der Waals surface area contributed by atoms with E-state index in [4.69, 9.17) is 15.2 Å². The number of nitrogens with one attached hydrogen (secondary N) is 10. The number of likely N-dealkylation sites (tertiary alicyclic amines) is 1. The lowest BCUT2D eigenvalue weighted by Gasteiger charge is -2.34. The summed E-state index contributed by atoms with van der Waals surface area (Å²) >= 11 is 0. The number of ether oxygens (including phenoxy) is 2. The third-order valence-electron chi connectivity index (χ3n) is 17.9. The van der Waals surface area contributed by atoms with Gasteiger partial charge in [-0.2, -0.15) is 0 Å². The van der Waals surface area contributed by atoms with Crippen molar-refractivity contribution in [3.05, 3.63) is 161 Å². The number of methoxy groups -OCH3 is 2. The third kappa shape index (κ3) is 22.0.